The third-order valence-electron chi connectivity index (χ3n) is 4.12. The van der Waals surface area contributed by atoms with Crippen LogP contribution in [0.5, 0.6) is 0 Å². The fourth-order valence-corrected chi connectivity index (χ4v) is 2.77. The predicted molar refractivity (Wildman–Crippen MR) is 88.3 cm³/mol. The van der Waals surface area contributed by atoms with Crippen LogP contribution in [-0.4, -0.2) is 62.6 Å². The Morgan fingerprint density at radius 1 is 1.12 bits per heavy atom. The largest absolute Gasteiger partial charge is 0.339 e. The molecule has 1 aliphatic rings. The van der Waals surface area contributed by atoms with Crippen LogP contribution in [-0.2, 0) is 11.3 Å². The molecule has 1 fully saturated rings. The van der Waals surface area contributed by atoms with E-state index in [9.17, 15) is 9.59 Å². The predicted octanol–water partition coefficient (Wildman–Crippen LogP) is 0.961. The standard InChI is InChI=1S/C17H21N5O2/c1-14-12-19-22(13-14)7-5-16(23)20-8-10-21(11-9-20)17(24)15-4-2-3-6-18-15/h2-4,6,12-13H,5,7-11H2,1H3. The molecule has 2 aromatic rings. The van der Waals surface area contributed by atoms with Crippen LogP contribution in [0.25, 0.3) is 0 Å². The molecule has 0 aliphatic carbocycles. The number of aromatic nitrogens is 3. The van der Waals surface area contributed by atoms with E-state index in [1.54, 1.807) is 40.2 Å². The van der Waals surface area contributed by atoms with Crippen LogP contribution in [0.2, 0.25) is 0 Å². The zero-order valence-corrected chi connectivity index (χ0v) is 13.8. The van der Waals surface area contributed by atoms with E-state index >= 15 is 0 Å². The zero-order valence-electron chi connectivity index (χ0n) is 13.8. The Labute approximate surface area is 140 Å². The van der Waals surface area contributed by atoms with E-state index in [-0.39, 0.29) is 11.8 Å². The number of hydrogen-bond donors (Lipinski definition) is 0. The molecule has 3 rings (SSSR count). The van der Waals surface area contributed by atoms with Crippen LogP contribution in [0.15, 0.2) is 36.8 Å². The maximum absolute atomic E-state index is 12.3. The summed E-state index contributed by atoms with van der Waals surface area (Å²) in [5.41, 5.74) is 1.54. The van der Waals surface area contributed by atoms with Crippen LogP contribution in [0.4, 0.5) is 0 Å². The summed E-state index contributed by atoms with van der Waals surface area (Å²) in [6, 6.07) is 5.30. The second kappa shape index (κ2) is 7.25. The van der Waals surface area contributed by atoms with Gasteiger partial charge in [-0.2, -0.15) is 5.10 Å². The van der Waals surface area contributed by atoms with Crippen molar-refractivity contribution in [2.45, 2.75) is 19.9 Å². The van der Waals surface area contributed by atoms with Crippen molar-refractivity contribution in [2.24, 2.45) is 0 Å². The minimum atomic E-state index is -0.0743. The van der Waals surface area contributed by atoms with Crippen LogP contribution < -0.4 is 0 Å². The van der Waals surface area contributed by atoms with Crippen LogP contribution in [0.1, 0.15) is 22.5 Å². The molecule has 1 saturated heterocycles. The number of amides is 2. The molecule has 0 atom stereocenters. The third kappa shape index (κ3) is 3.79. The molecular formula is C17H21N5O2. The van der Waals surface area contributed by atoms with Gasteiger partial charge in [-0.3, -0.25) is 19.3 Å². The van der Waals surface area contributed by atoms with Crippen molar-refractivity contribution in [1.29, 1.82) is 0 Å². The number of carbonyl (C=O) groups is 2. The normalized spacial score (nSPS) is 14.7. The first-order chi connectivity index (χ1) is 11.6. The summed E-state index contributed by atoms with van der Waals surface area (Å²) >= 11 is 0. The molecule has 0 bridgehead atoms. The molecule has 7 nitrogen and oxygen atoms in total. The minimum absolute atomic E-state index is 0.0743. The van der Waals surface area contributed by atoms with Crippen molar-refractivity contribution >= 4 is 11.8 Å². The summed E-state index contributed by atoms with van der Waals surface area (Å²) in [7, 11) is 0. The highest BCUT2D eigenvalue weighted by Gasteiger charge is 2.25. The van der Waals surface area contributed by atoms with Crippen molar-refractivity contribution in [3.05, 3.63) is 48.0 Å². The molecule has 0 saturated carbocycles. The molecule has 0 unspecified atom stereocenters. The Kier molecular flexibility index (Phi) is 4.88. The van der Waals surface area contributed by atoms with Gasteiger partial charge in [0.1, 0.15) is 5.69 Å². The lowest BCUT2D eigenvalue weighted by Gasteiger charge is -2.34. The lowest BCUT2D eigenvalue weighted by Crippen LogP contribution is -2.50. The number of nitrogens with zero attached hydrogens (tertiary/aromatic N) is 5. The van der Waals surface area contributed by atoms with E-state index in [0.717, 1.165) is 5.56 Å². The second-order valence-corrected chi connectivity index (χ2v) is 5.92. The molecule has 126 valence electrons. The quantitative estimate of drug-likeness (QED) is 0.839. The van der Waals surface area contributed by atoms with Crippen molar-refractivity contribution in [2.75, 3.05) is 26.2 Å². The van der Waals surface area contributed by atoms with Gasteiger partial charge in [-0.25, -0.2) is 0 Å². The molecular weight excluding hydrogens is 306 g/mol. The van der Waals surface area contributed by atoms with Crippen LogP contribution in [0, 0.1) is 6.92 Å². The SMILES string of the molecule is Cc1cnn(CCC(=O)N2CCN(C(=O)c3ccccn3)CC2)c1. The number of hydrogen-bond acceptors (Lipinski definition) is 4. The average molecular weight is 327 g/mol. The highest BCUT2D eigenvalue weighted by Crippen LogP contribution is 2.08. The molecule has 2 aromatic heterocycles. The lowest BCUT2D eigenvalue weighted by molar-refractivity contribution is -0.132. The summed E-state index contributed by atoms with van der Waals surface area (Å²) in [4.78, 5) is 32.3. The lowest BCUT2D eigenvalue weighted by atomic mass is 10.2. The maximum Gasteiger partial charge on any atom is 0.272 e. The van der Waals surface area contributed by atoms with E-state index in [2.05, 4.69) is 10.1 Å². The van der Waals surface area contributed by atoms with E-state index < -0.39 is 0 Å². The maximum atomic E-state index is 12.3. The van der Waals surface area contributed by atoms with Gasteiger partial charge in [0.2, 0.25) is 5.91 Å². The monoisotopic (exact) mass is 327 g/mol. The third-order valence-corrected chi connectivity index (χ3v) is 4.12. The minimum Gasteiger partial charge on any atom is -0.339 e. The first-order valence-corrected chi connectivity index (χ1v) is 8.10. The Morgan fingerprint density at radius 3 is 2.50 bits per heavy atom. The van der Waals surface area contributed by atoms with Gasteiger partial charge in [-0.05, 0) is 24.6 Å². The second-order valence-electron chi connectivity index (χ2n) is 5.92. The fraction of sp³-hybridized carbons (Fsp3) is 0.412. The van der Waals surface area contributed by atoms with Crippen molar-refractivity contribution in [1.82, 2.24) is 24.6 Å². The number of piperazine rings is 1. The van der Waals surface area contributed by atoms with Crippen molar-refractivity contribution < 1.29 is 9.59 Å². The van der Waals surface area contributed by atoms with Gasteiger partial charge < -0.3 is 9.80 Å². The Morgan fingerprint density at radius 2 is 1.88 bits per heavy atom. The first kappa shape index (κ1) is 16.2. The van der Waals surface area contributed by atoms with Crippen molar-refractivity contribution in [3.8, 4) is 0 Å². The van der Waals surface area contributed by atoms with Gasteiger partial charge >= 0.3 is 0 Å². The molecule has 0 aromatic carbocycles. The van der Waals surface area contributed by atoms with E-state index in [4.69, 9.17) is 0 Å². The molecule has 7 heteroatoms. The van der Waals surface area contributed by atoms with Crippen LogP contribution in [0.3, 0.4) is 0 Å². The Bertz CT molecular complexity index is 705. The van der Waals surface area contributed by atoms with Gasteiger partial charge in [-0.15, -0.1) is 0 Å². The van der Waals surface area contributed by atoms with Crippen molar-refractivity contribution in [3.63, 3.8) is 0 Å². The number of rotatable bonds is 4. The van der Waals surface area contributed by atoms with Gasteiger partial charge in [0.05, 0.1) is 6.20 Å². The highest BCUT2D eigenvalue weighted by atomic mass is 16.2. The van der Waals surface area contributed by atoms with E-state index in [1.807, 2.05) is 18.0 Å². The first-order valence-electron chi connectivity index (χ1n) is 8.10. The number of aryl methyl sites for hydroxylation is 2. The summed E-state index contributed by atoms with van der Waals surface area (Å²) in [6.07, 6.45) is 5.75. The Hall–Kier alpha value is -2.70. The molecule has 1 aliphatic heterocycles. The number of pyridine rings is 1. The van der Waals surface area contributed by atoms with Gasteiger partial charge in [0.15, 0.2) is 0 Å². The summed E-state index contributed by atoms with van der Waals surface area (Å²) < 4.78 is 1.79. The average Bonchev–Trinajstić information content (AvgIpc) is 3.05. The molecule has 0 N–H and O–H groups in total. The van der Waals surface area contributed by atoms with Gasteiger partial charge in [-0.1, -0.05) is 6.07 Å². The topological polar surface area (TPSA) is 71.3 Å². The molecule has 24 heavy (non-hydrogen) atoms. The molecule has 0 radical (unpaired) electrons. The Balaban J connectivity index is 1.47. The number of carbonyl (C=O) groups excluding carboxylic acids is 2. The van der Waals surface area contributed by atoms with Gasteiger partial charge in [0, 0.05) is 51.5 Å². The molecule has 2 amide bonds. The molecule has 0 spiro atoms. The zero-order chi connectivity index (χ0) is 16.9. The van der Waals surface area contributed by atoms with E-state index in [1.165, 1.54) is 0 Å². The smallest absolute Gasteiger partial charge is 0.272 e. The van der Waals surface area contributed by atoms with Gasteiger partial charge in [0.25, 0.3) is 5.91 Å². The fourth-order valence-electron chi connectivity index (χ4n) is 2.77. The summed E-state index contributed by atoms with van der Waals surface area (Å²) in [6.45, 7) is 4.78. The summed E-state index contributed by atoms with van der Waals surface area (Å²) in [5.74, 6) is 0.0304. The molecule has 3 heterocycles. The highest BCUT2D eigenvalue weighted by molar-refractivity contribution is 5.92. The van der Waals surface area contributed by atoms with E-state index in [0.29, 0.717) is 44.8 Å². The van der Waals surface area contributed by atoms with Crippen LogP contribution >= 0.6 is 0 Å². The summed E-state index contributed by atoms with van der Waals surface area (Å²) in [5, 5.41) is 4.19.